The summed E-state index contributed by atoms with van der Waals surface area (Å²) in [6.07, 6.45) is -0.554. The van der Waals surface area contributed by atoms with Crippen LogP contribution in [-0.4, -0.2) is 63.7 Å². The SMILES string of the molecule is CCCn1c(=O)c2c(nc(-c3cnn(Cc4cccc(C(F)(F)F)c4)c3)n2C[N](C)[Po])n(CC)c1=O. The molecule has 1 radical (unpaired) electrons. The molecule has 0 saturated carbocycles. The van der Waals surface area contributed by atoms with Gasteiger partial charge in [0.15, 0.2) is 0 Å². The average Bonchev–Trinajstić information content (AvgIpc) is 3.41. The summed E-state index contributed by atoms with van der Waals surface area (Å²) in [5.41, 5.74) is 0.163. The molecular formula is C23H25F3N7O2Po. The van der Waals surface area contributed by atoms with Gasteiger partial charge in [0, 0.05) is 0 Å². The fourth-order valence-electron chi connectivity index (χ4n) is 4.15. The number of halogens is 3. The zero-order valence-corrected chi connectivity index (χ0v) is 23.2. The van der Waals surface area contributed by atoms with Crippen molar-refractivity contribution >= 4 is 36.5 Å². The molecule has 0 amide bonds. The summed E-state index contributed by atoms with van der Waals surface area (Å²) >= 11 is 1.18. The maximum absolute atomic E-state index is 13.4. The summed E-state index contributed by atoms with van der Waals surface area (Å²) in [5, 5.41) is 4.32. The van der Waals surface area contributed by atoms with Crippen LogP contribution in [-0.2, 0) is 32.5 Å². The Morgan fingerprint density at radius 1 is 1.11 bits per heavy atom. The van der Waals surface area contributed by atoms with E-state index in [9.17, 15) is 22.8 Å². The van der Waals surface area contributed by atoms with Crippen LogP contribution in [0.4, 0.5) is 13.2 Å². The molecule has 191 valence electrons. The van der Waals surface area contributed by atoms with Gasteiger partial charge in [0.1, 0.15) is 0 Å². The van der Waals surface area contributed by atoms with E-state index in [1.165, 1.54) is 45.2 Å². The van der Waals surface area contributed by atoms with E-state index in [4.69, 9.17) is 0 Å². The molecule has 3 heterocycles. The van der Waals surface area contributed by atoms with Crippen molar-refractivity contribution in [2.75, 3.05) is 7.05 Å². The Bertz CT molecular complexity index is 1510. The van der Waals surface area contributed by atoms with Gasteiger partial charge in [-0.3, -0.25) is 0 Å². The van der Waals surface area contributed by atoms with Crippen molar-refractivity contribution < 1.29 is 13.2 Å². The molecule has 1 aromatic carbocycles. The molecule has 0 bridgehead atoms. The second kappa shape index (κ2) is 10.3. The van der Waals surface area contributed by atoms with Crippen LogP contribution in [0.3, 0.4) is 0 Å². The van der Waals surface area contributed by atoms with Crippen molar-refractivity contribution in [1.82, 2.24) is 31.3 Å². The fourth-order valence-corrected chi connectivity index (χ4v) is 4.60. The van der Waals surface area contributed by atoms with Gasteiger partial charge in [-0.25, -0.2) is 0 Å². The van der Waals surface area contributed by atoms with E-state index in [-0.39, 0.29) is 6.54 Å². The molecule has 0 aliphatic carbocycles. The molecule has 4 rings (SSSR count). The summed E-state index contributed by atoms with van der Waals surface area (Å²) < 4.78 is 47.3. The second-order valence-electron chi connectivity index (χ2n) is 8.41. The van der Waals surface area contributed by atoms with Crippen LogP contribution in [0.25, 0.3) is 22.6 Å². The first-order valence-electron chi connectivity index (χ1n) is 11.4. The summed E-state index contributed by atoms with van der Waals surface area (Å²) in [5.74, 6) is 0.460. The third-order valence-electron chi connectivity index (χ3n) is 5.71. The van der Waals surface area contributed by atoms with Gasteiger partial charge in [0.2, 0.25) is 0 Å². The van der Waals surface area contributed by atoms with E-state index in [2.05, 4.69) is 10.1 Å². The van der Waals surface area contributed by atoms with Crippen molar-refractivity contribution in [3.05, 3.63) is 68.6 Å². The zero-order chi connectivity index (χ0) is 26.2. The van der Waals surface area contributed by atoms with E-state index in [0.717, 1.165) is 12.1 Å². The Kier molecular flexibility index (Phi) is 7.52. The van der Waals surface area contributed by atoms with Crippen molar-refractivity contribution in [2.24, 2.45) is 0 Å². The second-order valence-corrected chi connectivity index (χ2v) is 10.8. The first kappa shape index (κ1) is 26.3. The normalized spacial score (nSPS) is 12.2. The Labute approximate surface area is 220 Å². The van der Waals surface area contributed by atoms with Crippen LogP contribution in [0.2, 0.25) is 0 Å². The number of hydrogen-bond donors (Lipinski definition) is 0. The van der Waals surface area contributed by atoms with Crippen molar-refractivity contribution in [1.29, 1.82) is 0 Å². The van der Waals surface area contributed by atoms with Crippen LogP contribution in [0.5, 0.6) is 0 Å². The zero-order valence-electron chi connectivity index (χ0n) is 20.0. The van der Waals surface area contributed by atoms with E-state index in [1.807, 2.05) is 23.7 Å². The first-order chi connectivity index (χ1) is 17.0. The molecule has 4 aromatic rings. The van der Waals surface area contributed by atoms with Gasteiger partial charge in [-0.2, -0.15) is 13.2 Å². The Morgan fingerprint density at radius 2 is 1.86 bits per heavy atom. The molecule has 0 atom stereocenters. The van der Waals surface area contributed by atoms with Crippen LogP contribution in [0, 0.1) is 0 Å². The third-order valence-corrected chi connectivity index (χ3v) is 6.16. The predicted octanol–water partition coefficient (Wildman–Crippen LogP) is 2.69. The minimum absolute atomic E-state index is 0.130. The molecule has 0 aliphatic rings. The number of alkyl halides is 3. The molecule has 0 unspecified atom stereocenters. The van der Waals surface area contributed by atoms with Gasteiger partial charge in [0.05, 0.1) is 0 Å². The van der Waals surface area contributed by atoms with Crippen molar-refractivity contribution in [3.8, 4) is 11.4 Å². The van der Waals surface area contributed by atoms with Crippen LogP contribution >= 0.6 is 0 Å². The molecule has 13 heteroatoms. The maximum atomic E-state index is 13.4. The third kappa shape index (κ3) is 5.04. The molecule has 0 saturated heterocycles. The standard InChI is InChI=1S/C23H25F3N7O2.Po/c1-4-9-32-21(34)18-20(31(5-2)22(32)35)29-19(33(18)14-27-3)16-11-28-30(13-16)12-15-7-6-8-17(10-15)23(24,25)26;/h6-8,10-11,13H,4-5,9,12,14H2,1-3H3;/q-1;+1. The number of nitrogens with zero attached hydrogens (tertiary/aromatic N) is 7. The molecular weight excluding hydrogens is 672 g/mol. The summed E-state index contributed by atoms with van der Waals surface area (Å²) in [6, 6.07) is 5.10. The van der Waals surface area contributed by atoms with E-state index >= 15 is 0 Å². The first-order valence-corrected chi connectivity index (χ1v) is 12.8. The summed E-state index contributed by atoms with van der Waals surface area (Å²) in [6.45, 7) is 4.86. The van der Waals surface area contributed by atoms with E-state index < -0.39 is 23.0 Å². The predicted molar refractivity (Wildman–Crippen MR) is 130 cm³/mol. The van der Waals surface area contributed by atoms with Crippen LogP contribution in [0.1, 0.15) is 31.4 Å². The van der Waals surface area contributed by atoms with E-state index in [0.29, 0.717) is 54.3 Å². The molecule has 0 spiro atoms. The van der Waals surface area contributed by atoms with Gasteiger partial charge in [-0.15, -0.1) is 0 Å². The van der Waals surface area contributed by atoms with Gasteiger partial charge in [-0.1, -0.05) is 0 Å². The molecule has 0 aliphatic heterocycles. The Balaban J connectivity index is 1.83. The minimum atomic E-state index is -4.43. The van der Waals surface area contributed by atoms with E-state index in [1.54, 1.807) is 23.0 Å². The number of fused-ring (bicyclic) bond motifs is 1. The number of hydrogen-bond acceptors (Lipinski definition) is 5. The van der Waals surface area contributed by atoms with Gasteiger partial charge in [0.25, 0.3) is 0 Å². The monoisotopic (exact) mass is 697 g/mol. The van der Waals surface area contributed by atoms with Gasteiger partial charge >= 0.3 is 208 Å². The molecule has 0 N–H and O–H groups in total. The number of aromatic nitrogens is 6. The van der Waals surface area contributed by atoms with Gasteiger partial charge in [-0.05, 0) is 0 Å². The molecule has 9 nitrogen and oxygen atoms in total. The molecule has 0 fully saturated rings. The average molecular weight is 697 g/mol. The summed E-state index contributed by atoms with van der Waals surface area (Å²) in [4.78, 5) is 31.1. The van der Waals surface area contributed by atoms with Crippen LogP contribution in [0.15, 0.2) is 46.2 Å². The topological polar surface area (TPSA) is 82.9 Å². The van der Waals surface area contributed by atoms with Crippen LogP contribution < -0.4 is 11.2 Å². The Morgan fingerprint density at radius 3 is 2.50 bits per heavy atom. The number of aryl methyl sites for hydroxylation is 1. The Hall–Kier alpha value is -2.77. The number of benzene rings is 1. The van der Waals surface area contributed by atoms with Crippen molar-refractivity contribution in [3.63, 3.8) is 0 Å². The van der Waals surface area contributed by atoms with Crippen molar-refractivity contribution in [2.45, 2.75) is 52.7 Å². The van der Waals surface area contributed by atoms with Gasteiger partial charge < -0.3 is 0 Å². The fraction of sp³-hybridized carbons (Fsp3) is 0.391. The summed E-state index contributed by atoms with van der Waals surface area (Å²) in [7, 11) is 1.89. The molecule has 36 heavy (non-hydrogen) atoms. The number of imidazole rings is 1. The number of rotatable bonds is 8. The quantitative estimate of drug-likeness (QED) is 0.283. The molecule has 3 aromatic heterocycles.